The van der Waals surface area contributed by atoms with Gasteiger partial charge >= 0.3 is 0 Å². The maximum atomic E-state index is 12.3. The van der Waals surface area contributed by atoms with E-state index >= 15 is 0 Å². The zero-order valence-corrected chi connectivity index (χ0v) is 15.6. The normalized spacial score (nSPS) is 14.1. The van der Waals surface area contributed by atoms with Gasteiger partial charge < -0.3 is 9.73 Å². The maximum Gasteiger partial charge on any atom is 0.224 e. The lowest BCUT2D eigenvalue weighted by atomic mass is 10.2. The summed E-state index contributed by atoms with van der Waals surface area (Å²) in [4.78, 5) is 21.4. The first-order chi connectivity index (χ1) is 13.2. The van der Waals surface area contributed by atoms with Crippen molar-refractivity contribution in [2.24, 2.45) is 0 Å². The van der Waals surface area contributed by atoms with Crippen molar-refractivity contribution in [1.82, 2.24) is 9.97 Å². The zero-order valence-electron chi connectivity index (χ0n) is 14.8. The van der Waals surface area contributed by atoms with Crippen LogP contribution in [0.3, 0.4) is 0 Å². The molecule has 0 saturated heterocycles. The minimum atomic E-state index is 0.0152. The molecule has 2 heterocycles. The van der Waals surface area contributed by atoms with Crippen LogP contribution < -0.4 is 5.32 Å². The zero-order chi connectivity index (χ0) is 18.2. The third-order valence-electron chi connectivity index (χ3n) is 4.75. The molecule has 1 saturated carbocycles. The topological polar surface area (TPSA) is 68.0 Å². The number of nitrogens with one attached hydrogen (secondary N) is 1. The minimum absolute atomic E-state index is 0.0152. The number of nitrogens with zero attached hydrogens (tertiary/aromatic N) is 2. The molecule has 1 fully saturated rings. The number of amides is 1. The van der Waals surface area contributed by atoms with Gasteiger partial charge in [-0.05, 0) is 56.0 Å². The molecule has 0 spiro atoms. The summed E-state index contributed by atoms with van der Waals surface area (Å²) in [7, 11) is 0. The Morgan fingerprint density at radius 1 is 1.15 bits per heavy atom. The van der Waals surface area contributed by atoms with Gasteiger partial charge in [-0.3, -0.25) is 4.79 Å². The van der Waals surface area contributed by atoms with Crippen LogP contribution in [-0.2, 0) is 11.2 Å². The molecular formula is C21H19N3O2S. The standard InChI is InChI=1S/C21H19N3O2S/c25-19(6-3-7-20-23-15-4-1-2-5-18(15)27-20)22-14-10-11-17-16(12-14)24-21(26-17)13-8-9-13/h1-2,4-5,10-13H,3,6-9H2,(H,22,25). The first-order valence-corrected chi connectivity index (χ1v) is 10.1. The van der Waals surface area contributed by atoms with E-state index in [9.17, 15) is 4.79 Å². The lowest BCUT2D eigenvalue weighted by Gasteiger charge is -2.04. The maximum absolute atomic E-state index is 12.3. The van der Waals surface area contributed by atoms with Gasteiger partial charge in [-0.1, -0.05) is 12.1 Å². The number of thiazole rings is 1. The van der Waals surface area contributed by atoms with Gasteiger partial charge in [-0.15, -0.1) is 11.3 Å². The molecule has 2 aromatic heterocycles. The second kappa shape index (κ2) is 6.78. The van der Waals surface area contributed by atoms with Crippen molar-refractivity contribution < 1.29 is 9.21 Å². The fourth-order valence-corrected chi connectivity index (χ4v) is 4.19. The van der Waals surface area contributed by atoms with Crippen molar-refractivity contribution in [2.45, 2.75) is 38.0 Å². The van der Waals surface area contributed by atoms with Crippen LogP contribution in [0.2, 0.25) is 0 Å². The summed E-state index contributed by atoms with van der Waals surface area (Å²) in [5, 5.41) is 4.05. The summed E-state index contributed by atoms with van der Waals surface area (Å²) in [6.07, 6.45) is 4.39. The molecular weight excluding hydrogens is 358 g/mol. The Kier molecular flexibility index (Phi) is 4.13. The average molecular weight is 377 g/mol. The fourth-order valence-electron chi connectivity index (χ4n) is 3.18. The predicted molar refractivity (Wildman–Crippen MR) is 107 cm³/mol. The molecule has 1 N–H and O–H groups in total. The Labute approximate surface area is 160 Å². The number of rotatable bonds is 6. The summed E-state index contributed by atoms with van der Waals surface area (Å²) >= 11 is 1.70. The second-order valence-electron chi connectivity index (χ2n) is 6.99. The van der Waals surface area contributed by atoms with E-state index in [0.29, 0.717) is 12.3 Å². The SMILES string of the molecule is O=C(CCCc1nc2ccccc2s1)Nc1ccc2oc(C3CC3)nc2c1. The molecule has 1 aliphatic rings. The van der Waals surface area contributed by atoms with E-state index in [1.54, 1.807) is 11.3 Å². The van der Waals surface area contributed by atoms with Crippen LogP contribution in [0, 0.1) is 0 Å². The van der Waals surface area contributed by atoms with Gasteiger partial charge in [0.1, 0.15) is 5.52 Å². The number of aromatic nitrogens is 2. The molecule has 136 valence electrons. The van der Waals surface area contributed by atoms with Gasteiger partial charge in [-0.2, -0.15) is 0 Å². The second-order valence-corrected chi connectivity index (χ2v) is 8.10. The molecule has 5 rings (SSSR count). The van der Waals surface area contributed by atoms with E-state index in [0.717, 1.165) is 58.9 Å². The van der Waals surface area contributed by atoms with Gasteiger partial charge in [0, 0.05) is 18.0 Å². The molecule has 0 bridgehead atoms. The number of benzene rings is 2. The lowest BCUT2D eigenvalue weighted by molar-refractivity contribution is -0.116. The molecule has 6 heteroatoms. The fraction of sp³-hybridized carbons (Fsp3) is 0.286. The van der Waals surface area contributed by atoms with Crippen molar-refractivity contribution in [2.75, 3.05) is 5.32 Å². The Hall–Kier alpha value is -2.73. The van der Waals surface area contributed by atoms with E-state index < -0.39 is 0 Å². The lowest BCUT2D eigenvalue weighted by Crippen LogP contribution is -2.11. The van der Waals surface area contributed by atoms with Gasteiger partial charge in [0.2, 0.25) is 5.91 Å². The van der Waals surface area contributed by atoms with Crippen LogP contribution in [0.15, 0.2) is 46.9 Å². The van der Waals surface area contributed by atoms with E-state index in [1.165, 1.54) is 4.70 Å². The van der Waals surface area contributed by atoms with E-state index in [1.807, 2.05) is 36.4 Å². The van der Waals surface area contributed by atoms with Gasteiger partial charge in [0.05, 0.1) is 15.2 Å². The molecule has 5 nitrogen and oxygen atoms in total. The highest BCUT2D eigenvalue weighted by molar-refractivity contribution is 7.18. The highest BCUT2D eigenvalue weighted by atomic mass is 32.1. The Bertz CT molecular complexity index is 1090. The van der Waals surface area contributed by atoms with E-state index in [4.69, 9.17) is 4.42 Å². The highest BCUT2D eigenvalue weighted by Gasteiger charge is 2.28. The summed E-state index contributed by atoms with van der Waals surface area (Å²) in [6, 6.07) is 13.8. The van der Waals surface area contributed by atoms with Crippen molar-refractivity contribution in [3.05, 3.63) is 53.4 Å². The molecule has 2 aromatic carbocycles. The third kappa shape index (κ3) is 3.57. The number of fused-ring (bicyclic) bond motifs is 2. The first-order valence-electron chi connectivity index (χ1n) is 9.29. The predicted octanol–water partition coefficient (Wildman–Crippen LogP) is 5.28. The summed E-state index contributed by atoms with van der Waals surface area (Å²) in [6.45, 7) is 0. The van der Waals surface area contributed by atoms with Crippen molar-refractivity contribution >= 4 is 44.2 Å². The minimum Gasteiger partial charge on any atom is -0.440 e. The molecule has 0 unspecified atom stereocenters. The third-order valence-corrected chi connectivity index (χ3v) is 5.84. The molecule has 4 aromatic rings. The molecule has 0 radical (unpaired) electrons. The average Bonchev–Trinajstić information content (AvgIpc) is 3.29. The number of carbonyl (C=O) groups is 1. The molecule has 0 atom stereocenters. The van der Waals surface area contributed by atoms with Gasteiger partial charge in [0.15, 0.2) is 11.5 Å². The smallest absolute Gasteiger partial charge is 0.224 e. The number of anilines is 1. The van der Waals surface area contributed by atoms with Crippen molar-refractivity contribution in [1.29, 1.82) is 0 Å². The first kappa shape index (κ1) is 16.4. The Morgan fingerprint density at radius 3 is 2.89 bits per heavy atom. The van der Waals surface area contributed by atoms with Crippen LogP contribution in [0.1, 0.15) is 42.5 Å². The van der Waals surface area contributed by atoms with Gasteiger partial charge in [0.25, 0.3) is 0 Å². The monoisotopic (exact) mass is 377 g/mol. The molecule has 1 amide bonds. The van der Waals surface area contributed by atoms with Crippen molar-refractivity contribution in [3.63, 3.8) is 0 Å². The van der Waals surface area contributed by atoms with Crippen LogP contribution in [0.25, 0.3) is 21.3 Å². The van der Waals surface area contributed by atoms with Crippen LogP contribution in [0.4, 0.5) is 5.69 Å². The number of aryl methyl sites for hydroxylation is 1. The summed E-state index contributed by atoms with van der Waals surface area (Å²) in [5.74, 6) is 1.32. The van der Waals surface area contributed by atoms with Gasteiger partial charge in [-0.25, -0.2) is 9.97 Å². The highest BCUT2D eigenvalue weighted by Crippen LogP contribution is 2.40. The van der Waals surface area contributed by atoms with Crippen LogP contribution >= 0.6 is 11.3 Å². The Morgan fingerprint density at radius 2 is 2.04 bits per heavy atom. The largest absolute Gasteiger partial charge is 0.440 e. The molecule has 0 aliphatic heterocycles. The molecule has 1 aliphatic carbocycles. The number of oxazole rings is 1. The van der Waals surface area contributed by atoms with Crippen molar-refractivity contribution in [3.8, 4) is 0 Å². The van der Waals surface area contributed by atoms with Crippen LogP contribution in [0.5, 0.6) is 0 Å². The number of hydrogen-bond donors (Lipinski definition) is 1. The number of carbonyl (C=O) groups excluding carboxylic acids is 1. The summed E-state index contributed by atoms with van der Waals surface area (Å²) in [5.41, 5.74) is 3.39. The number of para-hydroxylation sites is 1. The molecule has 27 heavy (non-hydrogen) atoms. The number of hydrogen-bond acceptors (Lipinski definition) is 5. The van der Waals surface area contributed by atoms with E-state index in [2.05, 4.69) is 21.4 Å². The summed E-state index contributed by atoms with van der Waals surface area (Å²) < 4.78 is 6.96. The quantitative estimate of drug-likeness (QED) is 0.497. The van der Waals surface area contributed by atoms with E-state index in [-0.39, 0.29) is 5.91 Å². The van der Waals surface area contributed by atoms with Crippen LogP contribution in [-0.4, -0.2) is 15.9 Å². The Balaban J connectivity index is 1.18.